The normalized spacial score (nSPS) is 15.2. The van der Waals surface area contributed by atoms with E-state index in [1.54, 1.807) is 24.3 Å². The summed E-state index contributed by atoms with van der Waals surface area (Å²) in [6.45, 7) is 4.45. The van der Waals surface area contributed by atoms with Gasteiger partial charge in [0.25, 0.3) is 0 Å². The number of phenols is 2. The van der Waals surface area contributed by atoms with E-state index in [0.717, 1.165) is 45.6 Å². The highest BCUT2D eigenvalue weighted by atomic mass is 16.5. The van der Waals surface area contributed by atoms with Crippen molar-refractivity contribution in [2.45, 2.75) is 58.0 Å². The predicted molar refractivity (Wildman–Crippen MR) is 179 cm³/mol. The number of methoxy groups -OCH3 is 1. The Hall–Kier alpha value is -4.69. The van der Waals surface area contributed by atoms with Gasteiger partial charge >= 0.3 is 5.78 Å². The molecule has 0 amide bonds. The van der Waals surface area contributed by atoms with E-state index in [4.69, 9.17) is 14.2 Å². The van der Waals surface area contributed by atoms with Gasteiger partial charge in [-0.25, -0.2) is 0 Å². The van der Waals surface area contributed by atoms with Crippen LogP contribution in [0.2, 0.25) is 0 Å². The molecule has 0 aliphatic carbocycles. The minimum Gasteiger partial charge on any atom is -0.664 e. The van der Waals surface area contributed by atoms with Gasteiger partial charge in [0.1, 0.15) is 24.0 Å². The van der Waals surface area contributed by atoms with Crippen LogP contribution in [0.25, 0.3) is 21.7 Å². The largest absolute Gasteiger partial charge is 0.664 e. The molecule has 240 valence electrons. The molecule has 2 atom stereocenters. The van der Waals surface area contributed by atoms with Crippen molar-refractivity contribution in [1.29, 1.82) is 0 Å². The molecule has 46 heavy (non-hydrogen) atoms. The van der Waals surface area contributed by atoms with Crippen LogP contribution in [0.3, 0.4) is 0 Å². The molecule has 4 N–H and O–H groups in total. The van der Waals surface area contributed by atoms with Crippen LogP contribution in [-0.2, 0) is 6.42 Å². The summed E-state index contributed by atoms with van der Waals surface area (Å²) in [6.07, 6.45) is 4.03. The van der Waals surface area contributed by atoms with Crippen molar-refractivity contribution in [3.8, 4) is 28.7 Å². The van der Waals surface area contributed by atoms with E-state index in [-0.39, 0.29) is 54.3 Å². The summed E-state index contributed by atoms with van der Waals surface area (Å²) in [5, 5.41) is 34.7. The van der Waals surface area contributed by atoms with Crippen molar-refractivity contribution in [3.63, 3.8) is 0 Å². The Morgan fingerprint density at radius 1 is 0.957 bits per heavy atom. The molecule has 1 unspecified atom stereocenters. The number of ether oxygens (including phenoxy) is 3. The number of hydrogen-bond acceptors (Lipinski definition) is 6. The number of nitrogens with zero attached hydrogens (tertiary/aromatic N) is 1. The summed E-state index contributed by atoms with van der Waals surface area (Å²) in [7, 11) is 1.47. The van der Waals surface area contributed by atoms with Crippen molar-refractivity contribution < 1.29 is 34.3 Å². The number of fused-ring (bicyclic) bond motifs is 4. The molecule has 0 bridgehead atoms. The molecule has 0 fully saturated rings. The topological polar surface area (TPSA) is 124 Å². The van der Waals surface area contributed by atoms with Gasteiger partial charge in [-0.2, -0.15) is 6.20 Å². The molecule has 0 saturated heterocycles. The maximum atomic E-state index is 12.0. The fraction of sp³-hybridized carbons (Fsp3) is 0.342. The first-order chi connectivity index (χ1) is 22.3. The summed E-state index contributed by atoms with van der Waals surface area (Å²) in [6, 6.07) is 19.2. The first-order valence-corrected chi connectivity index (χ1v) is 15.9. The third-order valence-electron chi connectivity index (χ3n) is 8.91. The van der Waals surface area contributed by atoms with E-state index in [2.05, 4.69) is 43.1 Å². The highest BCUT2D eigenvalue weighted by molar-refractivity contribution is 6.07. The van der Waals surface area contributed by atoms with E-state index in [1.807, 2.05) is 18.3 Å². The Balaban J connectivity index is 1.53. The van der Waals surface area contributed by atoms with Crippen molar-refractivity contribution in [2.24, 2.45) is 5.92 Å². The Kier molecular flexibility index (Phi) is 9.08. The van der Waals surface area contributed by atoms with Gasteiger partial charge in [-0.3, -0.25) is 4.79 Å². The average molecular weight is 624 g/mol. The summed E-state index contributed by atoms with van der Waals surface area (Å²) < 4.78 is 18.6. The molecule has 1 aliphatic heterocycles. The lowest BCUT2D eigenvalue weighted by molar-refractivity contribution is 0.190. The zero-order chi connectivity index (χ0) is 32.4. The molecule has 0 spiro atoms. The molecule has 1 aromatic heterocycles. The van der Waals surface area contributed by atoms with Gasteiger partial charge in [0, 0.05) is 18.6 Å². The van der Waals surface area contributed by atoms with Gasteiger partial charge in [0.2, 0.25) is 5.75 Å². The average Bonchev–Trinajstić information content (AvgIpc) is 3.53. The lowest BCUT2D eigenvalue weighted by Gasteiger charge is -2.31. The maximum Gasteiger partial charge on any atom is 0.335 e. The Bertz CT molecular complexity index is 1860. The van der Waals surface area contributed by atoms with Crippen molar-refractivity contribution in [3.05, 3.63) is 89.1 Å². The van der Waals surface area contributed by atoms with Gasteiger partial charge in [0.15, 0.2) is 17.1 Å². The maximum absolute atomic E-state index is 12.0. The smallest absolute Gasteiger partial charge is 0.335 e. The molecule has 6 rings (SSSR count). The molecular weight excluding hydrogens is 582 g/mol. The number of benzene rings is 4. The molecule has 2 heterocycles. The fourth-order valence-electron chi connectivity index (χ4n) is 6.60. The van der Waals surface area contributed by atoms with Crippen LogP contribution in [0.1, 0.15) is 73.8 Å². The van der Waals surface area contributed by atoms with Crippen LogP contribution < -0.4 is 19.2 Å². The third kappa shape index (κ3) is 5.97. The fourth-order valence-corrected chi connectivity index (χ4v) is 6.60. The van der Waals surface area contributed by atoms with Crippen LogP contribution in [-0.4, -0.2) is 46.2 Å². The number of phenolic OH excluding ortho intramolecular Hbond substituents is 2. The number of aromatic hydroxyl groups is 2. The lowest BCUT2D eigenvalue weighted by Crippen LogP contribution is -2.24. The zero-order valence-corrected chi connectivity index (χ0v) is 26.5. The van der Waals surface area contributed by atoms with E-state index in [9.17, 15) is 20.1 Å². The highest BCUT2D eigenvalue weighted by Crippen LogP contribution is 2.55. The number of hydrogen-bond donors (Lipinski definition) is 3. The molecule has 0 radical (unpaired) electrons. The van der Waals surface area contributed by atoms with E-state index < -0.39 is 6.10 Å². The Morgan fingerprint density at radius 2 is 1.76 bits per heavy atom. The van der Waals surface area contributed by atoms with Gasteiger partial charge in [-0.05, 0) is 64.1 Å². The quantitative estimate of drug-likeness (QED) is 0.0983. The number of rotatable bonds is 12. The van der Waals surface area contributed by atoms with Crippen molar-refractivity contribution in [1.82, 2.24) is 4.98 Å². The summed E-state index contributed by atoms with van der Waals surface area (Å²) in [5.74, 6) is 0.978. The van der Waals surface area contributed by atoms with E-state index in [0.29, 0.717) is 35.6 Å². The first-order valence-electron chi connectivity index (χ1n) is 15.9. The molecule has 4 aromatic carbocycles. The lowest BCUT2D eigenvalue weighted by atomic mass is 9.81. The number of ketones is 1. The second-order valence-electron chi connectivity index (χ2n) is 12.4. The van der Waals surface area contributed by atoms with E-state index in [1.165, 1.54) is 7.11 Å². The van der Waals surface area contributed by atoms with Crippen LogP contribution in [0.4, 0.5) is 0 Å². The van der Waals surface area contributed by atoms with Gasteiger partial charge in [-0.15, -0.1) is 5.52 Å². The number of aliphatic hydroxyl groups is 1. The van der Waals surface area contributed by atoms with Gasteiger partial charge in [0.05, 0.1) is 13.7 Å². The van der Waals surface area contributed by atoms with Crippen LogP contribution in [0.15, 0.2) is 66.9 Å². The van der Waals surface area contributed by atoms with Gasteiger partial charge < -0.3 is 34.5 Å². The minimum atomic E-state index is -0.564. The minimum absolute atomic E-state index is 0.0525. The molecule has 0 saturated carbocycles. The second-order valence-corrected chi connectivity index (χ2v) is 12.4. The standard InChI is InChI=1S/C38H40NO7/c1-22(2)8-9-25(20-24-6-4-7-28-27(24)14-15-30-29(28)16-17-39-30)33-35(43)38(44-3)37(45-19-5-18-40)34-31(42)21-32(46-36(33)34)23-10-12-26(41)13-11-23/h4,6-7,10-17,22,25,32,40-41H,5,8-9,18-21H2,1-3H3,(H,42,43)/q-1/p+1/t25-,32?/m1/s1. The van der Waals surface area contributed by atoms with Gasteiger partial charge in [-0.1, -0.05) is 68.8 Å². The summed E-state index contributed by atoms with van der Waals surface area (Å²) in [4.78, 5) is 16.1. The molecule has 8 nitrogen and oxygen atoms in total. The predicted octanol–water partition coefficient (Wildman–Crippen LogP) is 7.31. The number of aromatic nitrogens is 1. The van der Waals surface area contributed by atoms with Crippen LogP contribution >= 0.6 is 0 Å². The summed E-state index contributed by atoms with van der Waals surface area (Å²) in [5.41, 5.74) is 3.77. The molecular formula is C38H41NO7. The Morgan fingerprint density at radius 3 is 2.50 bits per heavy atom. The zero-order valence-electron chi connectivity index (χ0n) is 26.5. The molecule has 5 aromatic rings. The Labute approximate surface area is 268 Å². The van der Waals surface area contributed by atoms with Crippen molar-refractivity contribution in [2.75, 3.05) is 20.3 Å². The molecule has 8 heteroatoms. The first kappa shape index (κ1) is 31.3. The number of aliphatic hydroxyl groups excluding tert-OH is 1. The summed E-state index contributed by atoms with van der Waals surface area (Å²) >= 11 is 0. The second kappa shape index (κ2) is 13.3. The third-order valence-corrected chi connectivity index (χ3v) is 8.91. The molecule has 1 aliphatic rings. The SMILES string of the molecule is COc1c(O)c([C@H](CCC(C)C)Cc2cccc3c2ccc2[n-]ccc23)c2c(c1OCCCO)C(=[OH+])CC(c1ccc(O)cc1)O2. The highest BCUT2D eigenvalue weighted by Gasteiger charge is 2.42. The van der Waals surface area contributed by atoms with Crippen molar-refractivity contribution >= 4 is 27.5 Å². The number of carbonyl (C=O) groups excluding carboxylic acids is 1. The van der Waals surface area contributed by atoms with E-state index >= 15 is 0 Å². The monoisotopic (exact) mass is 623 g/mol. The van der Waals surface area contributed by atoms with Crippen LogP contribution in [0, 0.1) is 5.92 Å². The van der Waals surface area contributed by atoms with Crippen LogP contribution in [0.5, 0.6) is 28.7 Å².